The van der Waals surface area contributed by atoms with Crippen molar-refractivity contribution in [1.82, 2.24) is 24.6 Å². The number of hydrogen-bond acceptors (Lipinski definition) is 6. The quantitative estimate of drug-likeness (QED) is 0.516. The molecule has 1 unspecified atom stereocenters. The minimum Gasteiger partial charge on any atom is -0.487 e. The summed E-state index contributed by atoms with van der Waals surface area (Å²) in [5.74, 6) is 2.41. The largest absolute Gasteiger partial charge is 0.487 e. The molecule has 1 aliphatic carbocycles. The lowest BCUT2D eigenvalue weighted by Crippen LogP contribution is -2.43. The lowest BCUT2D eigenvalue weighted by molar-refractivity contribution is -0.142. The molecule has 1 saturated heterocycles. The Labute approximate surface area is 187 Å². The molecule has 7 nitrogen and oxygen atoms in total. The van der Waals surface area contributed by atoms with E-state index in [4.69, 9.17) is 4.74 Å². The first-order valence-electron chi connectivity index (χ1n) is 11.0. The zero-order valence-corrected chi connectivity index (χ0v) is 18.1. The SMILES string of the molecule is Cc1cc(N2C[C@H]3CC[C@@H](C2)C3Cc2nc3c(OCCF)ccc(C(F)(F)F)n3n2)ncn1. The van der Waals surface area contributed by atoms with Gasteiger partial charge in [-0.25, -0.2) is 23.9 Å². The summed E-state index contributed by atoms with van der Waals surface area (Å²) < 4.78 is 59.2. The molecule has 33 heavy (non-hydrogen) atoms. The minimum absolute atomic E-state index is 0.0329. The Hall–Kier alpha value is -2.98. The van der Waals surface area contributed by atoms with Crippen LogP contribution < -0.4 is 9.64 Å². The number of hydrogen-bond donors (Lipinski definition) is 0. The minimum atomic E-state index is -4.60. The van der Waals surface area contributed by atoms with Gasteiger partial charge in [-0.1, -0.05) is 0 Å². The van der Waals surface area contributed by atoms with Crippen LogP contribution in [0.1, 0.15) is 30.1 Å². The maximum absolute atomic E-state index is 13.5. The van der Waals surface area contributed by atoms with Gasteiger partial charge in [-0.05, 0) is 49.7 Å². The highest BCUT2D eigenvalue weighted by atomic mass is 19.4. The van der Waals surface area contributed by atoms with Crippen LogP contribution >= 0.6 is 0 Å². The monoisotopic (exact) mass is 464 g/mol. The van der Waals surface area contributed by atoms with Gasteiger partial charge in [0.15, 0.2) is 17.2 Å². The molecule has 0 amide bonds. The molecule has 1 aliphatic heterocycles. The van der Waals surface area contributed by atoms with Crippen molar-refractivity contribution < 1.29 is 22.3 Å². The van der Waals surface area contributed by atoms with Crippen LogP contribution in [0.2, 0.25) is 0 Å². The van der Waals surface area contributed by atoms with Crippen molar-refractivity contribution >= 4 is 11.5 Å². The highest BCUT2D eigenvalue weighted by molar-refractivity contribution is 5.54. The van der Waals surface area contributed by atoms with Gasteiger partial charge in [0, 0.05) is 31.3 Å². The predicted molar refractivity (Wildman–Crippen MR) is 112 cm³/mol. The van der Waals surface area contributed by atoms with Gasteiger partial charge in [0.05, 0.1) is 0 Å². The lowest BCUT2D eigenvalue weighted by Gasteiger charge is -2.38. The van der Waals surface area contributed by atoms with Gasteiger partial charge in [0.2, 0.25) is 0 Å². The molecular formula is C22H24F4N6O. The van der Waals surface area contributed by atoms with E-state index in [9.17, 15) is 17.6 Å². The highest BCUT2D eigenvalue weighted by Crippen LogP contribution is 2.44. The Morgan fingerprint density at radius 3 is 2.55 bits per heavy atom. The number of anilines is 1. The van der Waals surface area contributed by atoms with E-state index in [0.717, 1.165) is 48.0 Å². The summed E-state index contributed by atoms with van der Waals surface area (Å²) in [5.41, 5.74) is -0.0510. The zero-order valence-electron chi connectivity index (χ0n) is 18.1. The second kappa shape index (κ2) is 8.42. The summed E-state index contributed by atoms with van der Waals surface area (Å²) in [6.07, 6.45) is -0.417. The molecule has 0 aromatic carbocycles. The van der Waals surface area contributed by atoms with Crippen LogP contribution in [0, 0.1) is 24.7 Å². The van der Waals surface area contributed by atoms with Crippen molar-refractivity contribution in [3.8, 4) is 5.75 Å². The van der Waals surface area contributed by atoms with Crippen molar-refractivity contribution in [3.05, 3.63) is 41.7 Å². The Kier molecular flexibility index (Phi) is 5.57. The summed E-state index contributed by atoms with van der Waals surface area (Å²) in [7, 11) is 0. The number of rotatable bonds is 6. The van der Waals surface area contributed by atoms with Gasteiger partial charge in [0.1, 0.15) is 31.1 Å². The maximum Gasteiger partial charge on any atom is 0.433 e. The van der Waals surface area contributed by atoms with Gasteiger partial charge in [-0.15, -0.1) is 0 Å². The molecule has 2 bridgehead atoms. The maximum atomic E-state index is 13.5. The van der Waals surface area contributed by atoms with E-state index in [1.54, 1.807) is 6.33 Å². The van der Waals surface area contributed by atoms with Crippen LogP contribution in [0.4, 0.5) is 23.4 Å². The van der Waals surface area contributed by atoms with E-state index in [-0.39, 0.29) is 23.9 Å². The topological polar surface area (TPSA) is 68.4 Å². The number of aryl methyl sites for hydroxylation is 1. The van der Waals surface area contributed by atoms with Gasteiger partial charge < -0.3 is 9.64 Å². The van der Waals surface area contributed by atoms with Crippen LogP contribution in [0.15, 0.2) is 24.5 Å². The molecule has 11 heteroatoms. The van der Waals surface area contributed by atoms with E-state index < -0.39 is 18.5 Å². The van der Waals surface area contributed by atoms with E-state index in [0.29, 0.717) is 24.1 Å². The predicted octanol–water partition coefficient (Wildman–Crippen LogP) is 3.90. The zero-order chi connectivity index (χ0) is 23.2. The molecule has 5 rings (SSSR count). The molecular weight excluding hydrogens is 440 g/mol. The Morgan fingerprint density at radius 1 is 1.12 bits per heavy atom. The number of pyridine rings is 1. The van der Waals surface area contributed by atoms with E-state index in [1.165, 1.54) is 6.07 Å². The second-order valence-electron chi connectivity index (χ2n) is 8.77. The lowest BCUT2D eigenvalue weighted by atomic mass is 9.82. The Balaban J connectivity index is 1.40. The standard InChI is InChI=1S/C22H24F4N6O/c1-13-8-20(28-12-27-13)31-10-14-2-3-15(11-31)16(14)9-19-29-21-17(33-7-6-23)4-5-18(22(24,25)26)32(21)30-19/h4-5,8,12,14-16H,2-3,6-7,9-11H2,1H3/t14-,15+,16?. The van der Waals surface area contributed by atoms with Gasteiger partial charge in [-0.2, -0.15) is 18.3 Å². The molecule has 2 aliphatic rings. The summed E-state index contributed by atoms with van der Waals surface area (Å²) >= 11 is 0. The molecule has 3 aromatic rings. The summed E-state index contributed by atoms with van der Waals surface area (Å²) in [6, 6.07) is 4.05. The van der Waals surface area contributed by atoms with E-state index in [2.05, 4.69) is 25.0 Å². The number of halogens is 4. The first-order valence-corrected chi connectivity index (χ1v) is 11.0. The molecule has 3 aromatic heterocycles. The molecule has 176 valence electrons. The van der Waals surface area contributed by atoms with Crippen LogP contribution in [-0.2, 0) is 12.6 Å². The van der Waals surface area contributed by atoms with Crippen molar-refractivity contribution in [2.75, 3.05) is 31.3 Å². The number of ether oxygens (including phenoxy) is 1. The van der Waals surface area contributed by atoms with Gasteiger partial charge >= 0.3 is 6.18 Å². The Bertz CT molecular complexity index is 1140. The first-order chi connectivity index (χ1) is 15.8. The number of piperidine rings is 1. The van der Waals surface area contributed by atoms with Crippen LogP contribution in [-0.4, -0.2) is 50.9 Å². The number of alkyl halides is 4. The third-order valence-electron chi connectivity index (χ3n) is 6.68. The van der Waals surface area contributed by atoms with E-state index in [1.807, 2.05) is 13.0 Å². The fourth-order valence-corrected chi connectivity index (χ4v) is 5.22. The van der Waals surface area contributed by atoms with E-state index >= 15 is 0 Å². The normalized spacial score (nSPS) is 22.8. The summed E-state index contributed by atoms with van der Waals surface area (Å²) in [6.45, 7) is 2.60. The first kappa shape index (κ1) is 21.8. The summed E-state index contributed by atoms with van der Waals surface area (Å²) in [5, 5.41) is 4.21. The van der Waals surface area contributed by atoms with Crippen molar-refractivity contribution in [2.45, 2.75) is 32.4 Å². The smallest absolute Gasteiger partial charge is 0.433 e. The van der Waals surface area contributed by atoms with Crippen molar-refractivity contribution in [1.29, 1.82) is 0 Å². The molecule has 0 radical (unpaired) electrons. The number of nitrogens with zero attached hydrogens (tertiary/aromatic N) is 6. The van der Waals surface area contributed by atoms with Crippen molar-refractivity contribution in [2.24, 2.45) is 17.8 Å². The average molecular weight is 464 g/mol. The van der Waals surface area contributed by atoms with Crippen LogP contribution in [0.25, 0.3) is 5.65 Å². The number of aromatic nitrogens is 5. The van der Waals surface area contributed by atoms with Crippen LogP contribution in [0.3, 0.4) is 0 Å². The molecule has 0 spiro atoms. The fraction of sp³-hybridized carbons (Fsp3) is 0.545. The summed E-state index contributed by atoms with van der Waals surface area (Å²) in [4.78, 5) is 15.2. The third-order valence-corrected chi connectivity index (χ3v) is 6.68. The average Bonchev–Trinajstić information content (AvgIpc) is 3.28. The molecule has 2 fully saturated rings. The third kappa shape index (κ3) is 4.20. The second-order valence-corrected chi connectivity index (χ2v) is 8.77. The number of fused-ring (bicyclic) bond motifs is 3. The molecule has 3 atom stereocenters. The molecule has 0 N–H and O–H groups in total. The van der Waals surface area contributed by atoms with Gasteiger partial charge in [0.25, 0.3) is 0 Å². The molecule has 4 heterocycles. The molecule has 1 saturated carbocycles. The van der Waals surface area contributed by atoms with Gasteiger partial charge in [-0.3, -0.25) is 0 Å². The van der Waals surface area contributed by atoms with Crippen molar-refractivity contribution in [3.63, 3.8) is 0 Å². The highest BCUT2D eigenvalue weighted by Gasteiger charge is 2.43. The Morgan fingerprint density at radius 2 is 1.88 bits per heavy atom. The van der Waals surface area contributed by atoms with Crippen LogP contribution in [0.5, 0.6) is 5.75 Å². The fourth-order valence-electron chi connectivity index (χ4n) is 5.22.